The van der Waals surface area contributed by atoms with Crippen molar-refractivity contribution in [2.45, 2.75) is 23.3 Å². The van der Waals surface area contributed by atoms with Gasteiger partial charge in [0.15, 0.2) is 6.23 Å². The first-order chi connectivity index (χ1) is 8.45. The SMILES string of the molecule is O=c1[nH]c(=O)n([C@@H]2O[C@H](CO)[C@H](Br)[C@H]2O)cc1I. The lowest BCUT2D eigenvalue weighted by molar-refractivity contribution is -0.0531. The Hall–Kier alpha value is -0.230. The number of ether oxygens (including phenoxy) is 1. The van der Waals surface area contributed by atoms with Crippen molar-refractivity contribution < 1.29 is 14.9 Å². The van der Waals surface area contributed by atoms with Gasteiger partial charge in [-0.25, -0.2) is 4.79 Å². The van der Waals surface area contributed by atoms with Crippen molar-refractivity contribution in [1.82, 2.24) is 9.55 Å². The molecule has 0 saturated carbocycles. The fourth-order valence-electron chi connectivity index (χ4n) is 1.74. The molecule has 3 N–H and O–H groups in total. The molecule has 1 aliphatic heterocycles. The van der Waals surface area contributed by atoms with Gasteiger partial charge in [0.05, 0.1) is 21.1 Å². The minimum Gasteiger partial charge on any atom is -0.394 e. The number of rotatable bonds is 2. The summed E-state index contributed by atoms with van der Waals surface area (Å²) in [5.74, 6) is 0. The van der Waals surface area contributed by atoms with Gasteiger partial charge in [-0.2, -0.15) is 0 Å². The van der Waals surface area contributed by atoms with E-state index in [9.17, 15) is 14.7 Å². The first kappa shape index (κ1) is 14.2. The second-order valence-electron chi connectivity index (χ2n) is 3.83. The van der Waals surface area contributed by atoms with Gasteiger partial charge >= 0.3 is 5.69 Å². The zero-order valence-corrected chi connectivity index (χ0v) is 12.7. The molecule has 18 heavy (non-hydrogen) atoms. The fraction of sp³-hybridized carbons (Fsp3) is 0.556. The van der Waals surface area contributed by atoms with Crippen LogP contribution in [0, 0.1) is 3.57 Å². The van der Waals surface area contributed by atoms with Gasteiger partial charge in [-0.15, -0.1) is 0 Å². The van der Waals surface area contributed by atoms with E-state index in [1.807, 2.05) is 0 Å². The predicted molar refractivity (Wildman–Crippen MR) is 73.8 cm³/mol. The summed E-state index contributed by atoms with van der Waals surface area (Å²) in [4.78, 5) is 24.6. The molecule has 2 rings (SSSR count). The highest BCUT2D eigenvalue weighted by Crippen LogP contribution is 2.32. The number of H-pyrrole nitrogens is 1. The predicted octanol–water partition coefficient (Wildman–Crippen LogP) is -0.845. The zero-order chi connectivity index (χ0) is 13.4. The maximum atomic E-state index is 11.7. The molecule has 0 unspecified atom stereocenters. The summed E-state index contributed by atoms with van der Waals surface area (Å²) >= 11 is 4.98. The van der Waals surface area contributed by atoms with E-state index in [1.165, 1.54) is 6.20 Å². The summed E-state index contributed by atoms with van der Waals surface area (Å²) in [5.41, 5.74) is -1.15. The Bertz CT molecular complexity index is 559. The lowest BCUT2D eigenvalue weighted by atomic mass is 10.2. The van der Waals surface area contributed by atoms with E-state index in [-0.39, 0.29) is 6.61 Å². The van der Waals surface area contributed by atoms with Crippen LogP contribution in [0.15, 0.2) is 15.8 Å². The Morgan fingerprint density at radius 2 is 2.22 bits per heavy atom. The molecule has 4 atom stereocenters. The Morgan fingerprint density at radius 1 is 1.56 bits per heavy atom. The van der Waals surface area contributed by atoms with Crippen molar-refractivity contribution in [3.63, 3.8) is 0 Å². The number of aliphatic hydroxyl groups is 2. The van der Waals surface area contributed by atoms with Crippen molar-refractivity contribution in [2.75, 3.05) is 6.61 Å². The second kappa shape index (κ2) is 5.41. The average Bonchev–Trinajstić information content (AvgIpc) is 2.61. The molecule has 2 heterocycles. The highest BCUT2D eigenvalue weighted by molar-refractivity contribution is 14.1. The lowest BCUT2D eigenvalue weighted by Crippen LogP contribution is -2.37. The molecule has 100 valence electrons. The molecule has 7 nitrogen and oxygen atoms in total. The van der Waals surface area contributed by atoms with Gasteiger partial charge in [0.1, 0.15) is 6.10 Å². The van der Waals surface area contributed by atoms with Crippen LogP contribution in [-0.4, -0.2) is 43.4 Å². The molecule has 0 amide bonds. The monoisotopic (exact) mass is 432 g/mol. The minimum atomic E-state index is -0.999. The number of halogens is 2. The molecular weight excluding hydrogens is 423 g/mol. The lowest BCUT2D eigenvalue weighted by Gasteiger charge is -2.17. The molecule has 1 aromatic heterocycles. The van der Waals surface area contributed by atoms with Gasteiger partial charge in [0.2, 0.25) is 0 Å². The van der Waals surface area contributed by atoms with Gasteiger partial charge in [0.25, 0.3) is 5.56 Å². The normalized spacial score (nSPS) is 31.8. The summed E-state index contributed by atoms with van der Waals surface area (Å²) in [6.07, 6.45) is -1.23. The van der Waals surface area contributed by atoms with Gasteiger partial charge in [-0.3, -0.25) is 14.3 Å². The van der Waals surface area contributed by atoms with Crippen LogP contribution in [0.25, 0.3) is 0 Å². The highest BCUT2D eigenvalue weighted by atomic mass is 127. The summed E-state index contributed by atoms with van der Waals surface area (Å²) in [5, 5.41) is 19.0. The Kier molecular flexibility index (Phi) is 4.26. The van der Waals surface area contributed by atoms with Crippen LogP contribution in [0.3, 0.4) is 0 Å². The number of aliphatic hydroxyl groups excluding tert-OH is 2. The molecule has 1 aromatic rings. The topological polar surface area (TPSA) is 105 Å². The number of nitrogens with one attached hydrogen (secondary N) is 1. The van der Waals surface area contributed by atoms with Crippen LogP contribution in [0.2, 0.25) is 0 Å². The minimum absolute atomic E-state index is 0.279. The molecular formula is C9H10BrIN2O5. The van der Waals surface area contributed by atoms with Gasteiger partial charge in [0, 0.05) is 6.20 Å². The molecule has 1 saturated heterocycles. The van der Waals surface area contributed by atoms with Crippen LogP contribution in [0.1, 0.15) is 6.23 Å². The van der Waals surface area contributed by atoms with Crippen molar-refractivity contribution >= 4 is 38.5 Å². The molecule has 0 aliphatic carbocycles. The summed E-state index contributed by atoms with van der Waals surface area (Å²) < 4.78 is 6.80. The third-order valence-corrected chi connectivity index (χ3v) is 4.57. The average molecular weight is 433 g/mol. The van der Waals surface area contributed by atoms with Crippen LogP contribution < -0.4 is 11.2 Å². The van der Waals surface area contributed by atoms with Gasteiger partial charge in [-0.1, -0.05) is 15.9 Å². The second-order valence-corrected chi connectivity index (χ2v) is 6.05. The van der Waals surface area contributed by atoms with E-state index < -0.39 is 34.5 Å². The quantitative estimate of drug-likeness (QED) is 0.417. The standard InChI is InChI=1S/C9H10BrIN2O5/c10-5-4(2-14)18-8(6(5)15)13-1-3(11)7(16)12-9(13)17/h1,4-6,8,14-15H,2H2,(H,12,16,17)/t4-,5+,6-,8-/m1/s1. The van der Waals surface area contributed by atoms with Gasteiger partial charge < -0.3 is 14.9 Å². The Labute approximate surface area is 123 Å². The smallest absolute Gasteiger partial charge is 0.330 e. The summed E-state index contributed by atoms with van der Waals surface area (Å²) in [7, 11) is 0. The van der Waals surface area contributed by atoms with E-state index in [4.69, 9.17) is 9.84 Å². The van der Waals surface area contributed by atoms with E-state index >= 15 is 0 Å². The van der Waals surface area contributed by atoms with E-state index in [0.29, 0.717) is 3.57 Å². The van der Waals surface area contributed by atoms with Crippen molar-refractivity contribution in [3.05, 3.63) is 30.6 Å². The van der Waals surface area contributed by atoms with Crippen LogP contribution >= 0.6 is 38.5 Å². The third-order valence-electron chi connectivity index (χ3n) is 2.67. The van der Waals surface area contributed by atoms with E-state index in [2.05, 4.69) is 20.9 Å². The van der Waals surface area contributed by atoms with Crippen LogP contribution in [0.4, 0.5) is 0 Å². The van der Waals surface area contributed by atoms with Crippen LogP contribution in [0.5, 0.6) is 0 Å². The number of alkyl halides is 1. The summed E-state index contributed by atoms with van der Waals surface area (Å²) in [6.45, 7) is -0.279. The number of aromatic nitrogens is 2. The van der Waals surface area contributed by atoms with Crippen LogP contribution in [-0.2, 0) is 4.74 Å². The number of hydrogen-bond donors (Lipinski definition) is 3. The van der Waals surface area contributed by atoms with Crippen molar-refractivity contribution in [2.24, 2.45) is 0 Å². The largest absolute Gasteiger partial charge is 0.394 e. The Morgan fingerprint density at radius 3 is 2.78 bits per heavy atom. The van der Waals surface area contributed by atoms with E-state index in [0.717, 1.165) is 4.57 Å². The highest BCUT2D eigenvalue weighted by Gasteiger charge is 2.43. The first-order valence-electron chi connectivity index (χ1n) is 5.05. The van der Waals surface area contributed by atoms with Gasteiger partial charge in [-0.05, 0) is 22.6 Å². The molecule has 1 aliphatic rings. The summed E-state index contributed by atoms with van der Waals surface area (Å²) in [6, 6.07) is 0. The molecule has 0 radical (unpaired) electrons. The van der Waals surface area contributed by atoms with E-state index in [1.54, 1.807) is 22.6 Å². The number of hydrogen-bond acceptors (Lipinski definition) is 5. The van der Waals surface area contributed by atoms with Crippen molar-refractivity contribution in [3.8, 4) is 0 Å². The molecule has 0 spiro atoms. The Balaban J connectivity index is 2.42. The fourth-order valence-corrected chi connectivity index (χ4v) is 2.72. The van der Waals surface area contributed by atoms with Crippen molar-refractivity contribution in [1.29, 1.82) is 0 Å². The third kappa shape index (κ3) is 2.41. The maximum absolute atomic E-state index is 11.7. The molecule has 1 fully saturated rings. The molecule has 9 heteroatoms. The number of nitrogens with zero attached hydrogens (tertiary/aromatic N) is 1. The number of aromatic amines is 1. The zero-order valence-electron chi connectivity index (χ0n) is 8.92. The molecule has 0 bridgehead atoms. The first-order valence-corrected chi connectivity index (χ1v) is 7.04. The molecule has 0 aromatic carbocycles. The maximum Gasteiger partial charge on any atom is 0.330 e.